The molecular weight excluding hydrogens is 332 g/mol. The van der Waals surface area contributed by atoms with Crippen LogP contribution >= 0.6 is 0 Å². The van der Waals surface area contributed by atoms with E-state index in [1.54, 1.807) is 20.8 Å². The Morgan fingerprint density at radius 2 is 1.70 bits per heavy atom. The number of amides is 1. The van der Waals surface area contributed by atoms with Gasteiger partial charge in [0, 0.05) is 0 Å². The Kier molecular flexibility index (Phi) is 5.38. The van der Waals surface area contributed by atoms with E-state index in [4.69, 9.17) is 0 Å². The normalized spacial score (nSPS) is 11.3. The Balaban J connectivity index is 2.50. The third-order valence-corrected chi connectivity index (χ3v) is 4.15. The fraction of sp³-hybridized carbons (Fsp3) is 0.278. The topological polar surface area (TPSA) is 20.3 Å². The summed E-state index contributed by atoms with van der Waals surface area (Å²) in [4.78, 5) is 14.2. The summed E-state index contributed by atoms with van der Waals surface area (Å²) in [5.74, 6) is -1.53. The van der Waals surface area contributed by atoms with Gasteiger partial charge in [-0.25, -0.2) is 0 Å². The predicted octanol–water partition coefficient (Wildman–Crippen LogP) is 3.72. The van der Waals surface area contributed by atoms with Gasteiger partial charge in [0.2, 0.25) is 0 Å². The third kappa shape index (κ3) is 4.07. The number of carbonyl (C=O) groups is 1. The van der Waals surface area contributed by atoms with E-state index in [-0.39, 0.29) is 22.0 Å². The average Bonchev–Trinajstić information content (AvgIpc) is 2.50. The van der Waals surface area contributed by atoms with Gasteiger partial charge in [0.1, 0.15) is 0 Å². The maximum absolute atomic E-state index is 14.5. The molecule has 23 heavy (non-hydrogen) atoms. The van der Waals surface area contributed by atoms with Crippen molar-refractivity contribution in [1.29, 1.82) is 0 Å². The van der Waals surface area contributed by atoms with Crippen LogP contribution in [0.3, 0.4) is 0 Å². The van der Waals surface area contributed by atoms with Crippen molar-refractivity contribution < 1.29 is 34.0 Å². The van der Waals surface area contributed by atoms with E-state index >= 15 is 0 Å². The Morgan fingerprint density at radius 3 is 2.26 bits per heavy atom. The Bertz CT molecular complexity index is 711. The first-order chi connectivity index (χ1) is 10.7. The Hall–Kier alpha value is -1.52. The summed E-state index contributed by atoms with van der Waals surface area (Å²) in [6.07, 6.45) is 0. The van der Waals surface area contributed by atoms with Crippen molar-refractivity contribution in [2.75, 3.05) is 4.90 Å². The van der Waals surface area contributed by atoms with Gasteiger partial charge in [-0.1, -0.05) is 0 Å². The summed E-state index contributed by atoms with van der Waals surface area (Å²) in [7, 11) is 0. The van der Waals surface area contributed by atoms with Crippen molar-refractivity contribution in [2.24, 2.45) is 5.41 Å². The number of hydrogen-bond donors (Lipinski definition) is 0. The third-order valence-electron chi connectivity index (χ3n) is 3.43. The second-order valence-corrected chi connectivity index (χ2v) is 7.16. The Morgan fingerprint density at radius 1 is 1.09 bits per heavy atom. The van der Waals surface area contributed by atoms with Gasteiger partial charge in [0.15, 0.2) is 0 Å². The zero-order valence-electron chi connectivity index (χ0n) is 13.4. The van der Waals surface area contributed by atoms with E-state index in [0.717, 1.165) is 5.56 Å². The molecule has 0 aliphatic heterocycles. The van der Waals surface area contributed by atoms with E-state index < -0.39 is 17.0 Å². The molecule has 5 heteroatoms. The molecular formula is C18H18F2NOTi. The van der Waals surface area contributed by atoms with Crippen LogP contribution < -0.4 is 8.77 Å². The first-order valence-corrected chi connectivity index (χ1v) is 8.05. The van der Waals surface area contributed by atoms with Crippen LogP contribution in [0.15, 0.2) is 42.5 Å². The molecule has 2 aromatic rings. The molecule has 0 saturated heterocycles. The van der Waals surface area contributed by atoms with Crippen molar-refractivity contribution in [3.8, 4) is 0 Å². The van der Waals surface area contributed by atoms with Crippen molar-refractivity contribution >= 4 is 15.5 Å². The SMILES string of the molecule is CC(C)(C)C(=O)N(Cc1ccccc1)c1ccc(F)[c]([Ti])c1F. The predicted molar refractivity (Wildman–Crippen MR) is 83.1 cm³/mol. The van der Waals surface area contributed by atoms with Crippen molar-refractivity contribution in [3.05, 3.63) is 59.7 Å². The summed E-state index contributed by atoms with van der Waals surface area (Å²) < 4.78 is 28.0. The summed E-state index contributed by atoms with van der Waals surface area (Å²) in [5.41, 5.74) is 0.308. The monoisotopic (exact) mass is 350 g/mol. The molecule has 0 radical (unpaired) electrons. The Labute approximate surface area is 146 Å². The van der Waals surface area contributed by atoms with Gasteiger partial charge in [-0.05, 0) is 0 Å². The second kappa shape index (κ2) is 6.94. The molecule has 0 saturated carbocycles. The van der Waals surface area contributed by atoms with Gasteiger partial charge in [0.05, 0.1) is 0 Å². The fourth-order valence-electron chi connectivity index (χ4n) is 2.19. The molecule has 0 aliphatic carbocycles. The first kappa shape index (κ1) is 17.8. The summed E-state index contributed by atoms with van der Waals surface area (Å²) >= 11 is 1.37. The average molecular weight is 350 g/mol. The molecule has 0 aliphatic rings. The molecule has 0 heterocycles. The molecule has 0 bridgehead atoms. The quantitative estimate of drug-likeness (QED) is 0.773. The van der Waals surface area contributed by atoms with Crippen LogP contribution in [0.2, 0.25) is 0 Å². The number of benzene rings is 2. The van der Waals surface area contributed by atoms with Crippen LogP contribution in [-0.2, 0) is 31.8 Å². The molecule has 2 aromatic carbocycles. The fourth-order valence-corrected chi connectivity index (χ4v) is 2.52. The van der Waals surface area contributed by atoms with E-state index in [2.05, 4.69) is 0 Å². The summed E-state index contributed by atoms with van der Waals surface area (Å²) in [5, 5.41) is 0. The molecule has 2 nitrogen and oxygen atoms in total. The van der Waals surface area contributed by atoms with E-state index in [1.807, 2.05) is 30.3 Å². The van der Waals surface area contributed by atoms with E-state index in [1.165, 1.54) is 37.5 Å². The van der Waals surface area contributed by atoms with Crippen LogP contribution in [0.1, 0.15) is 26.3 Å². The molecule has 0 fully saturated rings. The van der Waals surface area contributed by atoms with Crippen molar-refractivity contribution in [3.63, 3.8) is 0 Å². The number of rotatable bonds is 3. The number of nitrogens with zero attached hydrogens (tertiary/aromatic N) is 1. The standard InChI is InChI=1S/C18H18F2NO.Ti/c1-18(2,3)17(22)21(12-13-7-5-4-6-8-13)16-10-9-14(19)11-15(16)20;/h4-10H,12H2,1-3H3;. The minimum atomic E-state index is -0.696. The van der Waals surface area contributed by atoms with Crippen molar-refractivity contribution in [1.82, 2.24) is 0 Å². The zero-order valence-corrected chi connectivity index (χ0v) is 14.9. The number of hydrogen-bond acceptors (Lipinski definition) is 1. The molecule has 0 spiro atoms. The van der Waals surface area contributed by atoms with Crippen LogP contribution in [0.5, 0.6) is 0 Å². The molecule has 0 N–H and O–H groups in total. The van der Waals surface area contributed by atoms with Crippen LogP contribution in [0.4, 0.5) is 14.5 Å². The van der Waals surface area contributed by atoms with Gasteiger partial charge >= 0.3 is 147 Å². The van der Waals surface area contributed by atoms with Crippen LogP contribution in [-0.4, -0.2) is 5.91 Å². The van der Waals surface area contributed by atoms with Crippen molar-refractivity contribution in [2.45, 2.75) is 27.3 Å². The van der Waals surface area contributed by atoms with Crippen LogP contribution in [0, 0.1) is 17.0 Å². The summed E-state index contributed by atoms with van der Waals surface area (Å²) in [6.45, 7) is 5.57. The van der Waals surface area contributed by atoms with Gasteiger partial charge in [-0.2, -0.15) is 0 Å². The van der Waals surface area contributed by atoms with Gasteiger partial charge < -0.3 is 0 Å². The molecule has 0 atom stereocenters. The molecule has 0 aromatic heterocycles. The first-order valence-electron chi connectivity index (χ1n) is 7.27. The van der Waals surface area contributed by atoms with Gasteiger partial charge in [-0.3, -0.25) is 0 Å². The molecule has 2 rings (SSSR count). The number of anilines is 1. The van der Waals surface area contributed by atoms with Crippen LogP contribution in [0.25, 0.3) is 0 Å². The molecule has 119 valence electrons. The summed E-state index contributed by atoms with van der Waals surface area (Å²) in [6, 6.07) is 11.9. The second-order valence-electron chi connectivity index (χ2n) is 6.38. The van der Waals surface area contributed by atoms with Gasteiger partial charge in [-0.15, -0.1) is 0 Å². The number of halogens is 2. The number of carbonyl (C=O) groups excluding carboxylic acids is 1. The van der Waals surface area contributed by atoms with E-state index in [9.17, 15) is 13.6 Å². The molecule has 0 unspecified atom stereocenters. The van der Waals surface area contributed by atoms with Gasteiger partial charge in [0.25, 0.3) is 0 Å². The minimum absolute atomic E-state index is 0.0812. The maximum atomic E-state index is 14.5. The zero-order chi connectivity index (χ0) is 17.2. The van der Waals surface area contributed by atoms with E-state index in [0.29, 0.717) is 0 Å². The molecule has 1 amide bonds.